The smallest absolute Gasteiger partial charge is 0.162 e. The second-order valence-corrected chi connectivity index (χ2v) is 4.80. The fraction of sp³-hybridized carbons (Fsp3) is 0.188. The van der Waals surface area contributed by atoms with Crippen LogP contribution in [0.5, 0.6) is 0 Å². The van der Waals surface area contributed by atoms with Crippen LogP contribution >= 0.6 is 11.6 Å². The quantitative estimate of drug-likeness (QED) is 0.725. The van der Waals surface area contributed by atoms with Gasteiger partial charge in [-0.3, -0.25) is 4.79 Å². The first kappa shape index (κ1) is 13.8. The lowest BCUT2D eigenvalue weighted by atomic mass is 10.0. The lowest BCUT2D eigenvalue weighted by molar-refractivity contribution is 0.0980. The van der Waals surface area contributed by atoms with E-state index in [9.17, 15) is 9.18 Å². The van der Waals surface area contributed by atoms with Gasteiger partial charge >= 0.3 is 0 Å². The minimum atomic E-state index is -0.498. The molecule has 0 aliphatic carbocycles. The highest BCUT2D eigenvalue weighted by atomic mass is 35.5. The van der Waals surface area contributed by atoms with Gasteiger partial charge in [-0.15, -0.1) is 0 Å². The molecule has 98 valence electrons. The lowest BCUT2D eigenvalue weighted by Gasteiger charge is -2.03. The van der Waals surface area contributed by atoms with Gasteiger partial charge in [-0.05, 0) is 36.6 Å². The van der Waals surface area contributed by atoms with Gasteiger partial charge in [0.15, 0.2) is 5.78 Å². The van der Waals surface area contributed by atoms with Gasteiger partial charge in [-0.25, -0.2) is 4.39 Å². The number of carbonyl (C=O) groups excluding carboxylic acids is 1. The summed E-state index contributed by atoms with van der Waals surface area (Å²) in [6, 6.07) is 14.1. The number of Topliss-reactive ketones (excluding diaryl/α,β-unsaturated/α-hetero) is 1. The van der Waals surface area contributed by atoms with Crippen LogP contribution in [-0.4, -0.2) is 5.78 Å². The highest BCUT2D eigenvalue weighted by molar-refractivity contribution is 6.31. The summed E-state index contributed by atoms with van der Waals surface area (Å²) in [6.45, 7) is 0. The van der Waals surface area contributed by atoms with Crippen molar-refractivity contribution in [1.82, 2.24) is 0 Å². The van der Waals surface area contributed by atoms with E-state index in [-0.39, 0.29) is 10.8 Å². The zero-order valence-corrected chi connectivity index (χ0v) is 11.2. The lowest BCUT2D eigenvalue weighted by Crippen LogP contribution is -2.00. The first-order valence-electron chi connectivity index (χ1n) is 6.19. The van der Waals surface area contributed by atoms with Crippen LogP contribution in [0, 0.1) is 5.82 Å². The summed E-state index contributed by atoms with van der Waals surface area (Å²) in [5.74, 6) is -0.500. The first-order valence-corrected chi connectivity index (χ1v) is 6.57. The minimum absolute atomic E-state index is 0.00201. The number of hydrogen-bond donors (Lipinski definition) is 0. The van der Waals surface area contributed by atoms with Crippen molar-refractivity contribution in [3.8, 4) is 0 Å². The largest absolute Gasteiger partial charge is 0.294 e. The number of ketones is 1. The molecule has 0 heterocycles. The van der Waals surface area contributed by atoms with E-state index in [4.69, 9.17) is 11.6 Å². The number of halogens is 2. The zero-order chi connectivity index (χ0) is 13.7. The fourth-order valence-electron chi connectivity index (χ4n) is 1.91. The molecule has 0 aromatic heterocycles. The molecule has 2 aromatic rings. The molecular formula is C16H14ClFO. The molecule has 2 aromatic carbocycles. The second kappa shape index (κ2) is 6.48. The molecule has 0 atom stereocenters. The third-order valence-corrected chi connectivity index (χ3v) is 3.24. The fourth-order valence-corrected chi connectivity index (χ4v) is 2.09. The van der Waals surface area contributed by atoms with Crippen molar-refractivity contribution >= 4 is 17.4 Å². The second-order valence-electron chi connectivity index (χ2n) is 4.39. The van der Waals surface area contributed by atoms with Crippen molar-refractivity contribution in [1.29, 1.82) is 0 Å². The standard InChI is InChI=1S/C16H14ClFO/c17-14-11-13(9-10-15(14)18)16(19)8-4-7-12-5-2-1-3-6-12/h1-3,5-6,9-11H,4,7-8H2. The first-order chi connectivity index (χ1) is 9.16. The molecule has 0 aliphatic rings. The van der Waals surface area contributed by atoms with Crippen LogP contribution in [0.15, 0.2) is 48.5 Å². The maximum Gasteiger partial charge on any atom is 0.162 e. The Labute approximate surface area is 117 Å². The molecular weight excluding hydrogens is 263 g/mol. The molecule has 0 aliphatic heterocycles. The third kappa shape index (κ3) is 3.90. The summed E-state index contributed by atoms with van der Waals surface area (Å²) >= 11 is 5.66. The van der Waals surface area contributed by atoms with Gasteiger partial charge < -0.3 is 0 Å². The topological polar surface area (TPSA) is 17.1 Å². The highest BCUT2D eigenvalue weighted by Crippen LogP contribution is 2.18. The van der Waals surface area contributed by atoms with E-state index in [0.717, 1.165) is 12.8 Å². The van der Waals surface area contributed by atoms with Gasteiger partial charge in [0.2, 0.25) is 0 Å². The average molecular weight is 277 g/mol. The maximum absolute atomic E-state index is 13.0. The molecule has 19 heavy (non-hydrogen) atoms. The van der Waals surface area contributed by atoms with Crippen molar-refractivity contribution < 1.29 is 9.18 Å². The predicted molar refractivity (Wildman–Crippen MR) is 75.1 cm³/mol. The number of aryl methyl sites for hydroxylation is 1. The normalized spacial score (nSPS) is 10.4. The maximum atomic E-state index is 13.0. The Kier molecular flexibility index (Phi) is 4.69. The summed E-state index contributed by atoms with van der Waals surface area (Å²) in [6.07, 6.45) is 2.08. The van der Waals surface area contributed by atoms with E-state index < -0.39 is 5.82 Å². The van der Waals surface area contributed by atoms with E-state index in [2.05, 4.69) is 0 Å². The van der Waals surface area contributed by atoms with E-state index in [1.165, 1.54) is 23.8 Å². The predicted octanol–water partition coefficient (Wildman–Crippen LogP) is 4.68. The molecule has 0 spiro atoms. The Balaban J connectivity index is 1.89. The van der Waals surface area contributed by atoms with Gasteiger partial charge in [0, 0.05) is 12.0 Å². The van der Waals surface area contributed by atoms with Crippen molar-refractivity contribution in [3.63, 3.8) is 0 Å². The molecule has 0 saturated heterocycles. The number of rotatable bonds is 5. The summed E-state index contributed by atoms with van der Waals surface area (Å²) in [7, 11) is 0. The van der Waals surface area contributed by atoms with Crippen molar-refractivity contribution in [2.75, 3.05) is 0 Å². The molecule has 0 N–H and O–H groups in total. The molecule has 0 amide bonds. The Hall–Kier alpha value is -1.67. The van der Waals surface area contributed by atoms with Gasteiger partial charge in [-0.2, -0.15) is 0 Å². The third-order valence-electron chi connectivity index (χ3n) is 2.95. The van der Waals surface area contributed by atoms with Crippen molar-refractivity contribution in [3.05, 3.63) is 70.5 Å². The van der Waals surface area contributed by atoms with E-state index in [1.807, 2.05) is 30.3 Å². The molecule has 0 radical (unpaired) electrons. The van der Waals surface area contributed by atoms with E-state index >= 15 is 0 Å². The van der Waals surface area contributed by atoms with Crippen molar-refractivity contribution in [2.24, 2.45) is 0 Å². The van der Waals surface area contributed by atoms with Gasteiger partial charge in [0.05, 0.1) is 5.02 Å². The SMILES string of the molecule is O=C(CCCc1ccccc1)c1ccc(F)c(Cl)c1. The number of hydrogen-bond acceptors (Lipinski definition) is 1. The van der Waals surface area contributed by atoms with Crippen LogP contribution in [0.2, 0.25) is 5.02 Å². The summed E-state index contributed by atoms with van der Waals surface area (Å²) < 4.78 is 13.0. The summed E-state index contributed by atoms with van der Waals surface area (Å²) in [5.41, 5.74) is 1.69. The Morgan fingerprint density at radius 1 is 1.11 bits per heavy atom. The number of benzene rings is 2. The Bertz CT molecular complexity index is 566. The molecule has 0 bridgehead atoms. The monoisotopic (exact) mass is 276 g/mol. The molecule has 0 fully saturated rings. The average Bonchev–Trinajstić information content (AvgIpc) is 2.43. The van der Waals surface area contributed by atoms with Crippen LogP contribution in [0.1, 0.15) is 28.8 Å². The summed E-state index contributed by atoms with van der Waals surface area (Å²) in [5, 5.41) is -0.00564. The minimum Gasteiger partial charge on any atom is -0.294 e. The van der Waals surface area contributed by atoms with Crippen LogP contribution in [-0.2, 0) is 6.42 Å². The molecule has 3 heteroatoms. The van der Waals surface area contributed by atoms with Gasteiger partial charge in [0.1, 0.15) is 5.82 Å². The van der Waals surface area contributed by atoms with Gasteiger partial charge in [0.25, 0.3) is 0 Å². The Morgan fingerprint density at radius 3 is 2.53 bits per heavy atom. The van der Waals surface area contributed by atoms with Gasteiger partial charge in [-0.1, -0.05) is 41.9 Å². The molecule has 1 nitrogen and oxygen atoms in total. The van der Waals surface area contributed by atoms with Crippen molar-refractivity contribution in [2.45, 2.75) is 19.3 Å². The van der Waals surface area contributed by atoms with Crippen LogP contribution in [0.4, 0.5) is 4.39 Å². The zero-order valence-electron chi connectivity index (χ0n) is 10.4. The Morgan fingerprint density at radius 2 is 1.84 bits per heavy atom. The van der Waals surface area contributed by atoms with E-state index in [1.54, 1.807) is 0 Å². The molecule has 0 unspecified atom stereocenters. The highest BCUT2D eigenvalue weighted by Gasteiger charge is 2.08. The van der Waals surface area contributed by atoms with Crippen LogP contribution in [0.3, 0.4) is 0 Å². The summed E-state index contributed by atoms with van der Waals surface area (Å²) in [4.78, 5) is 11.9. The number of carbonyl (C=O) groups is 1. The molecule has 2 rings (SSSR count). The van der Waals surface area contributed by atoms with Crippen LogP contribution in [0.25, 0.3) is 0 Å². The molecule has 0 saturated carbocycles. The van der Waals surface area contributed by atoms with E-state index in [0.29, 0.717) is 12.0 Å². The van der Waals surface area contributed by atoms with Crippen LogP contribution < -0.4 is 0 Å².